The van der Waals surface area contributed by atoms with Crippen LogP contribution in [0.4, 0.5) is 5.69 Å². The van der Waals surface area contributed by atoms with Crippen LogP contribution in [-0.4, -0.2) is 30.8 Å². The molecular formula is C23H25NO4. The lowest BCUT2D eigenvalue weighted by Gasteiger charge is -2.20. The summed E-state index contributed by atoms with van der Waals surface area (Å²) in [7, 11) is 0. The maximum absolute atomic E-state index is 12.4. The summed E-state index contributed by atoms with van der Waals surface area (Å²) >= 11 is 0. The average molecular weight is 379 g/mol. The fourth-order valence-corrected chi connectivity index (χ4v) is 3.59. The van der Waals surface area contributed by atoms with Crippen molar-refractivity contribution < 1.29 is 19.1 Å². The van der Waals surface area contributed by atoms with Crippen LogP contribution in [0.1, 0.15) is 39.0 Å². The van der Waals surface area contributed by atoms with Crippen molar-refractivity contribution in [2.45, 2.75) is 34.1 Å². The largest absolute Gasteiger partial charge is 0.457 e. The highest BCUT2D eigenvalue weighted by Gasteiger charge is 2.37. The van der Waals surface area contributed by atoms with Crippen LogP contribution in [0.3, 0.4) is 0 Å². The van der Waals surface area contributed by atoms with Gasteiger partial charge in [-0.2, -0.15) is 0 Å². The number of anilines is 1. The summed E-state index contributed by atoms with van der Waals surface area (Å²) in [6, 6.07) is 11.3. The van der Waals surface area contributed by atoms with E-state index in [0.717, 1.165) is 27.9 Å². The molecule has 0 N–H and O–H groups in total. The molecule has 0 saturated carbocycles. The molecule has 0 bridgehead atoms. The molecule has 146 valence electrons. The Balaban J connectivity index is 1.63. The number of Topliss-reactive ketones (excluding diaryl/α,β-unsaturated/α-hetero) is 1. The Labute approximate surface area is 165 Å². The molecule has 1 heterocycles. The molecule has 2 aromatic carbocycles. The molecule has 3 rings (SSSR count). The van der Waals surface area contributed by atoms with Crippen LogP contribution in [0.25, 0.3) is 0 Å². The first kappa shape index (κ1) is 19.8. The van der Waals surface area contributed by atoms with Gasteiger partial charge in [0, 0.05) is 24.2 Å². The van der Waals surface area contributed by atoms with E-state index in [1.54, 1.807) is 11.0 Å². The van der Waals surface area contributed by atoms with E-state index in [-0.39, 0.29) is 31.3 Å². The Morgan fingerprint density at radius 2 is 1.82 bits per heavy atom. The van der Waals surface area contributed by atoms with Gasteiger partial charge >= 0.3 is 5.97 Å². The SMILES string of the molecule is Cc1ccc(C(=O)COC(=O)[C@H]2CC(=O)N(c3cccc(C)c3C)C2)c(C)c1. The van der Waals surface area contributed by atoms with Crippen molar-refractivity contribution in [2.24, 2.45) is 5.92 Å². The van der Waals surface area contributed by atoms with Gasteiger partial charge in [0.15, 0.2) is 6.61 Å². The Kier molecular flexibility index (Phi) is 5.63. The summed E-state index contributed by atoms with van der Waals surface area (Å²) in [5, 5.41) is 0. The monoisotopic (exact) mass is 379 g/mol. The van der Waals surface area contributed by atoms with Crippen molar-refractivity contribution in [1.29, 1.82) is 0 Å². The summed E-state index contributed by atoms with van der Waals surface area (Å²) in [5.74, 6) is -1.39. The second-order valence-electron chi connectivity index (χ2n) is 7.47. The lowest BCUT2D eigenvalue weighted by molar-refractivity contribution is -0.147. The number of benzene rings is 2. The van der Waals surface area contributed by atoms with E-state index in [9.17, 15) is 14.4 Å². The molecule has 0 aliphatic carbocycles. The Hall–Kier alpha value is -2.95. The van der Waals surface area contributed by atoms with Gasteiger partial charge in [-0.15, -0.1) is 0 Å². The van der Waals surface area contributed by atoms with Crippen molar-refractivity contribution in [2.75, 3.05) is 18.1 Å². The third-order valence-corrected chi connectivity index (χ3v) is 5.35. The zero-order valence-corrected chi connectivity index (χ0v) is 16.7. The Morgan fingerprint density at radius 1 is 1.07 bits per heavy atom. The molecule has 1 fully saturated rings. The molecule has 0 spiro atoms. The standard InChI is InChI=1S/C23H25NO4/c1-14-8-9-19(16(3)10-14)21(25)13-28-23(27)18-11-22(26)24(12-18)20-7-5-6-15(2)17(20)4/h5-10,18H,11-13H2,1-4H3/t18-/m0/s1. The first-order chi connectivity index (χ1) is 13.3. The van der Waals surface area contributed by atoms with Gasteiger partial charge in [-0.25, -0.2) is 0 Å². The first-order valence-corrected chi connectivity index (χ1v) is 9.41. The number of aryl methyl sites for hydroxylation is 3. The van der Waals surface area contributed by atoms with Gasteiger partial charge in [0.05, 0.1) is 5.92 Å². The van der Waals surface area contributed by atoms with Crippen molar-refractivity contribution in [3.8, 4) is 0 Å². The summed E-state index contributed by atoms with van der Waals surface area (Å²) < 4.78 is 5.25. The third-order valence-electron chi connectivity index (χ3n) is 5.35. The van der Waals surface area contributed by atoms with E-state index < -0.39 is 11.9 Å². The third kappa shape index (κ3) is 3.98. The number of nitrogens with zero attached hydrogens (tertiary/aromatic N) is 1. The highest BCUT2D eigenvalue weighted by molar-refractivity contribution is 6.01. The molecule has 0 radical (unpaired) electrons. The molecule has 2 aromatic rings. The molecule has 1 amide bonds. The number of hydrogen-bond donors (Lipinski definition) is 0. The van der Waals surface area contributed by atoms with Crippen LogP contribution >= 0.6 is 0 Å². The lowest BCUT2D eigenvalue weighted by atomic mass is 10.0. The second-order valence-corrected chi connectivity index (χ2v) is 7.47. The number of amides is 1. The highest BCUT2D eigenvalue weighted by Crippen LogP contribution is 2.29. The minimum absolute atomic E-state index is 0.101. The van der Waals surface area contributed by atoms with Crippen LogP contribution in [0.5, 0.6) is 0 Å². The zero-order valence-electron chi connectivity index (χ0n) is 16.7. The fourth-order valence-electron chi connectivity index (χ4n) is 3.59. The number of carbonyl (C=O) groups is 3. The van der Waals surface area contributed by atoms with Gasteiger partial charge in [-0.1, -0.05) is 35.9 Å². The molecule has 5 nitrogen and oxygen atoms in total. The Bertz CT molecular complexity index is 948. The fraction of sp³-hybridized carbons (Fsp3) is 0.348. The van der Waals surface area contributed by atoms with Crippen LogP contribution in [0, 0.1) is 33.6 Å². The van der Waals surface area contributed by atoms with Crippen molar-refractivity contribution >= 4 is 23.3 Å². The van der Waals surface area contributed by atoms with Crippen molar-refractivity contribution in [3.63, 3.8) is 0 Å². The molecule has 1 saturated heterocycles. The molecule has 1 aliphatic heterocycles. The number of carbonyl (C=O) groups excluding carboxylic acids is 3. The molecule has 5 heteroatoms. The number of ether oxygens (including phenoxy) is 1. The van der Waals surface area contributed by atoms with Crippen LogP contribution in [0.15, 0.2) is 36.4 Å². The first-order valence-electron chi connectivity index (χ1n) is 9.41. The van der Waals surface area contributed by atoms with E-state index in [1.807, 2.05) is 58.0 Å². The van der Waals surface area contributed by atoms with E-state index in [4.69, 9.17) is 4.74 Å². The predicted molar refractivity (Wildman–Crippen MR) is 108 cm³/mol. The van der Waals surface area contributed by atoms with Crippen molar-refractivity contribution in [3.05, 3.63) is 64.2 Å². The molecule has 28 heavy (non-hydrogen) atoms. The van der Waals surface area contributed by atoms with Gasteiger partial charge in [0.25, 0.3) is 0 Å². The summed E-state index contributed by atoms with van der Waals surface area (Å²) in [4.78, 5) is 38.9. The lowest BCUT2D eigenvalue weighted by Crippen LogP contribution is -2.28. The van der Waals surface area contributed by atoms with Gasteiger partial charge in [0.2, 0.25) is 11.7 Å². The second kappa shape index (κ2) is 7.97. The number of hydrogen-bond acceptors (Lipinski definition) is 4. The summed E-state index contributed by atoms with van der Waals surface area (Å²) in [6.07, 6.45) is 0.101. The van der Waals surface area contributed by atoms with Gasteiger partial charge < -0.3 is 9.64 Å². The number of esters is 1. The minimum Gasteiger partial charge on any atom is -0.457 e. The topological polar surface area (TPSA) is 63.7 Å². The zero-order chi connectivity index (χ0) is 20.4. The smallest absolute Gasteiger partial charge is 0.311 e. The summed E-state index contributed by atoms with van der Waals surface area (Å²) in [6.45, 7) is 7.74. The van der Waals surface area contributed by atoms with E-state index in [0.29, 0.717) is 5.56 Å². The predicted octanol–water partition coefficient (Wildman–Crippen LogP) is 3.70. The van der Waals surface area contributed by atoms with Crippen LogP contribution < -0.4 is 4.90 Å². The van der Waals surface area contributed by atoms with Crippen LogP contribution in [0.2, 0.25) is 0 Å². The maximum atomic E-state index is 12.4. The van der Waals surface area contributed by atoms with E-state index in [2.05, 4.69) is 0 Å². The molecule has 1 aliphatic rings. The van der Waals surface area contributed by atoms with Crippen LogP contribution in [-0.2, 0) is 14.3 Å². The number of ketones is 1. The summed E-state index contributed by atoms with van der Waals surface area (Å²) in [5.41, 5.74) is 5.43. The maximum Gasteiger partial charge on any atom is 0.311 e. The van der Waals surface area contributed by atoms with Gasteiger partial charge in [-0.3, -0.25) is 14.4 Å². The molecular weight excluding hydrogens is 354 g/mol. The highest BCUT2D eigenvalue weighted by atomic mass is 16.5. The average Bonchev–Trinajstić information content (AvgIpc) is 3.03. The van der Waals surface area contributed by atoms with Crippen molar-refractivity contribution in [1.82, 2.24) is 0 Å². The quantitative estimate of drug-likeness (QED) is 0.587. The molecule has 0 aromatic heterocycles. The molecule has 0 unspecified atom stereocenters. The molecule has 1 atom stereocenters. The van der Waals surface area contributed by atoms with Gasteiger partial charge in [-0.05, 0) is 50.5 Å². The normalized spacial score (nSPS) is 16.4. The van der Waals surface area contributed by atoms with E-state index in [1.165, 1.54) is 0 Å². The number of rotatable bonds is 5. The Morgan fingerprint density at radius 3 is 2.54 bits per heavy atom. The van der Waals surface area contributed by atoms with E-state index >= 15 is 0 Å². The minimum atomic E-state index is -0.556. The van der Waals surface area contributed by atoms with Gasteiger partial charge in [0.1, 0.15) is 0 Å².